The first-order chi connectivity index (χ1) is 17.4. The Morgan fingerprint density at radius 2 is 1.39 bits per heavy atom. The van der Waals surface area contributed by atoms with Crippen molar-refractivity contribution in [2.45, 2.75) is 19.8 Å². The number of fused-ring (bicyclic) bond motifs is 1. The lowest BCUT2D eigenvalue weighted by Gasteiger charge is -2.34. The van der Waals surface area contributed by atoms with Crippen molar-refractivity contribution in [3.8, 4) is 28.7 Å². The van der Waals surface area contributed by atoms with Crippen molar-refractivity contribution < 1.29 is 42.7 Å². The molecule has 0 bridgehead atoms. The number of carbonyl (C=O) groups is 2. The normalized spacial score (nSPS) is 16.2. The lowest BCUT2D eigenvalue weighted by Crippen LogP contribution is -2.34. The van der Waals surface area contributed by atoms with Crippen molar-refractivity contribution in [2.24, 2.45) is 5.92 Å². The van der Waals surface area contributed by atoms with Gasteiger partial charge < -0.3 is 33.2 Å². The number of carbonyl (C=O) groups excluding carboxylic acids is 2. The molecule has 0 saturated heterocycles. The van der Waals surface area contributed by atoms with Crippen LogP contribution < -0.4 is 23.7 Å². The molecule has 0 amide bonds. The number of ether oxygens (including phenoxy) is 7. The summed E-state index contributed by atoms with van der Waals surface area (Å²) in [4.78, 5) is 26.6. The predicted octanol–water partition coefficient (Wildman–Crippen LogP) is 4.00. The van der Waals surface area contributed by atoms with Gasteiger partial charge in [0.1, 0.15) is 5.92 Å². The van der Waals surface area contributed by atoms with E-state index in [-0.39, 0.29) is 18.8 Å². The van der Waals surface area contributed by atoms with Gasteiger partial charge in [0.15, 0.2) is 23.0 Å². The van der Waals surface area contributed by atoms with Crippen molar-refractivity contribution in [3.05, 3.63) is 46.5 Å². The summed E-state index contributed by atoms with van der Waals surface area (Å²) < 4.78 is 38.7. The molecule has 194 valence electrons. The van der Waals surface area contributed by atoms with Gasteiger partial charge in [0, 0.05) is 11.5 Å². The zero-order valence-electron chi connectivity index (χ0n) is 21.6. The third-order valence-electron chi connectivity index (χ3n) is 6.01. The highest BCUT2D eigenvalue weighted by Gasteiger charge is 2.45. The van der Waals surface area contributed by atoms with E-state index in [1.165, 1.54) is 35.5 Å². The SMILES string of the molecule is CCOC(=O)C1=Cc2cc(OC)c(OC)c(OC)c2[C@@H](c2ccc(OC)c(OC)c2)[C@@H]1C(=O)OCC. The molecule has 0 spiro atoms. The molecule has 0 saturated carbocycles. The van der Waals surface area contributed by atoms with Gasteiger partial charge in [0.2, 0.25) is 5.75 Å². The van der Waals surface area contributed by atoms with E-state index in [4.69, 9.17) is 33.2 Å². The highest BCUT2D eigenvalue weighted by atomic mass is 16.5. The Balaban J connectivity index is 2.44. The molecule has 0 N–H and O–H groups in total. The standard InChI is InChI=1S/C27H32O9/c1-8-35-26(28)17-12-16-14-20(32-5)24(33-6)25(34-7)22(16)21(23(17)27(29)36-9-2)15-10-11-18(30-3)19(13-15)31-4/h10-14,21,23H,8-9H2,1-7H3/t21-,23-/m1/s1. The molecule has 2 atom stereocenters. The van der Waals surface area contributed by atoms with Gasteiger partial charge >= 0.3 is 11.9 Å². The van der Waals surface area contributed by atoms with Gasteiger partial charge in [0.25, 0.3) is 0 Å². The van der Waals surface area contributed by atoms with Crippen LogP contribution in [0.3, 0.4) is 0 Å². The summed E-state index contributed by atoms with van der Waals surface area (Å²) in [6.45, 7) is 3.70. The third kappa shape index (κ3) is 4.78. The van der Waals surface area contributed by atoms with Crippen LogP contribution in [-0.2, 0) is 19.1 Å². The number of esters is 2. The molecular weight excluding hydrogens is 468 g/mol. The van der Waals surface area contributed by atoms with Crippen LogP contribution in [0.4, 0.5) is 0 Å². The van der Waals surface area contributed by atoms with Crippen molar-refractivity contribution in [1.29, 1.82) is 0 Å². The molecule has 2 aromatic carbocycles. The fourth-order valence-electron chi connectivity index (χ4n) is 4.54. The van der Waals surface area contributed by atoms with Crippen molar-refractivity contribution >= 4 is 18.0 Å². The molecule has 2 aromatic rings. The smallest absolute Gasteiger partial charge is 0.334 e. The van der Waals surface area contributed by atoms with Gasteiger partial charge in [-0.2, -0.15) is 0 Å². The predicted molar refractivity (Wildman–Crippen MR) is 132 cm³/mol. The average Bonchev–Trinajstić information content (AvgIpc) is 2.90. The maximum absolute atomic E-state index is 13.4. The Morgan fingerprint density at radius 1 is 0.750 bits per heavy atom. The Morgan fingerprint density at radius 3 is 1.94 bits per heavy atom. The van der Waals surface area contributed by atoms with Gasteiger partial charge in [-0.25, -0.2) is 4.79 Å². The zero-order chi connectivity index (χ0) is 26.4. The van der Waals surface area contributed by atoms with E-state index >= 15 is 0 Å². The number of benzene rings is 2. The third-order valence-corrected chi connectivity index (χ3v) is 6.01. The fourth-order valence-corrected chi connectivity index (χ4v) is 4.54. The maximum atomic E-state index is 13.4. The van der Waals surface area contributed by atoms with Crippen molar-refractivity contribution in [2.75, 3.05) is 48.8 Å². The minimum Gasteiger partial charge on any atom is -0.493 e. The van der Waals surface area contributed by atoms with Crippen molar-refractivity contribution in [3.63, 3.8) is 0 Å². The molecule has 9 nitrogen and oxygen atoms in total. The van der Waals surface area contributed by atoms with E-state index in [1.54, 1.807) is 38.1 Å². The minimum atomic E-state index is -1.03. The molecule has 0 unspecified atom stereocenters. The van der Waals surface area contributed by atoms with Crippen LogP contribution >= 0.6 is 0 Å². The molecule has 0 heterocycles. The van der Waals surface area contributed by atoms with E-state index in [9.17, 15) is 9.59 Å². The topological polar surface area (TPSA) is 98.8 Å². The first-order valence-corrected chi connectivity index (χ1v) is 11.5. The van der Waals surface area contributed by atoms with E-state index in [2.05, 4.69) is 0 Å². The fraction of sp³-hybridized carbons (Fsp3) is 0.407. The number of hydrogen-bond acceptors (Lipinski definition) is 9. The summed E-state index contributed by atoms with van der Waals surface area (Å²) in [5, 5.41) is 0. The number of rotatable bonds is 10. The van der Waals surface area contributed by atoms with Gasteiger partial charge in [-0.15, -0.1) is 0 Å². The quantitative estimate of drug-likeness (QED) is 0.448. The second-order valence-corrected chi connectivity index (χ2v) is 7.79. The van der Waals surface area contributed by atoms with Gasteiger partial charge in [0.05, 0.1) is 54.3 Å². The first-order valence-electron chi connectivity index (χ1n) is 11.5. The summed E-state index contributed by atoms with van der Waals surface area (Å²) in [5.74, 6) is -0.788. The maximum Gasteiger partial charge on any atom is 0.334 e. The van der Waals surface area contributed by atoms with Crippen molar-refractivity contribution in [1.82, 2.24) is 0 Å². The monoisotopic (exact) mass is 500 g/mol. The average molecular weight is 501 g/mol. The Hall–Kier alpha value is -3.88. The summed E-state index contributed by atoms with van der Waals surface area (Å²) in [7, 11) is 7.58. The minimum absolute atomic E-state index is 0.139. The molecule has 9 heteroatoms. The molecule has 36 heavy (non-hydrogen) atoms. The van der Waals surface area contributed by atoms with E-state index in [0.29, 0.717) is 45.4 Å². The van der Waals surface area contributed by atoms with Crippen LogP contribution in [0.15, 0.2) is 29.8 Å². The summed E-state index contributed by atoms with van der Waals surface area (Å²) in [5.41, 5.74) is 2.09. The van der Waals surface area contributed by atoms with E-state index in [0.717, 1.165) is 0 Å². The van der Waals surface area contributed by atoms with E-state index in [1.807, 2.05) is 6.07 Å². The first kappa shape index (κ1) is 26.7. The molecule has 0 fully saturated rings. The molecular formula is C27H32O9. The van der Waals surface area contributed by atoms with Crippen LogP contribution in [0.1, 0.15) is 36.5 Å². The highest BCUT2D eigenvalue weighted by Crippen LogP contribution is 2.53. The number of hydrogen-bond donors (Lipinski definition) is 0. The Kier molecular flexibility index (Phi) is 8.68. The molecule has 1 aliphatic carbocycles. The van der Waals surface area contributed by atoms with Gasteiger partial charge in [-0.3, -0.25) is 4.79 Å². The van der Waals surface area contributed by atoms with Crippen LogP contribution in [-0.4, -0.2) is 60.7 Å². The van der Waals surface area contributed by atoms with Crippen LogP contribution in [0.2, 0.25) is 0 Å². The zero-order valence-corrected chi connectivity index (χ0v) is 21.6. The molecule has 1 aliphatic rings. The lowest BCUT2D eigenvalue weighted by molar-refractivity contribution is -0.150. The Bertz CT molecular complexity index is 1150. The molecule has 0 aliphatic heterocycles. The Labute approximate surface area is 210 Å². The number of methoxy groups -OCH3 is 5. The molecule has 0 radical (unpaired) electrons. The lowest BCUT2D eigenvalue weighted by atomic mass is 9.70. The van der Waals surface area contributed by atoms with Crippen LogP contribution in [0.25, 0.3) is 6.08 Å². The largest absolute Gasteiger partial charge is 0.493 e. The van der Waals surface area contributed by atoms with Crippen LogP contribution in [0, 0.1) is 5.92 Å². The molecule has 0 aromatic heterocycles. The van der Waals surface area contributed by atoms with E-state index < -0.39 is 23.8 Å². The van der Waals surface area contributed by atoms with Crippen LogP contribution in [0.5, 0.6) is 28.7 Å². The van der Waals surface area contributed by atoms with Gasteiger partial charge in [-0.05, 0) is 49.2 Å². The second kappa shape index (κ2) is 11.7. The molecule has 3 rings (SSSR count). The van der Waals surface area contributed by atoms with Gasteiger partial charge in [-0.1, -0.05) is 6.07 Å². The second-order valence-electron chi connectivity index (χ2n) is 7.79. The summed E-state index contributed by atoms with van der Waals surface area (Å²) in [6.07, 6.45) is 1.62. The summed E-state index contributed by atoms with van der Waals surface area (Å²) >= 11 is 0. The summed E-state index contributed by atoms with van der Waals surface area (Å²) in [6, 6.07) is 7.06. The highest BCUT2D eigenvalue weighted by molar-refractivity contribution is 6.02.